The first-order chi connectivity index (χ1) is 12.3. The summed E-state index contributed by atoms with van der Waals surface area (Å²) >= 11 is 0. The fourth-order valence-corrected chi connectivity index (χ4v) is 3.27. The number of hydrogen-bond acceptors (Lipinski definition) is 5. The monoisotopic (exact) mass is 342 g/mol. The Bertz CT molecular complexity index is 605. The lowest BCUT2D eigenvalue weighted by Gasteiger charge is -2.37. The SMILES string of the molecule is O[C@@H]1[C@@H](OCc2ccccc2)[C@@H]2OC[C@@H](O2)[C@H]1OCc1ccccc1. The standard InChI is InChI=1S/C20H22O5/c21-17-18(22-11-14-7-3-1-4-8-14)16-13-24-20(25-16)19(17)23-12-15-9-5-2-6-10-15/h1-10,16-21H,11-13H2/t16-,17+,18-,19-,20-/m1/s1. The zero-order valence-corrected chi connectivity index (χ0v) is 13.9. The van der Waals surface area contributed by atoms with Gasteiger partial charge in [-0.15, -0.1) is 0 Å². The van der Waals surface area contributed by atoms with Crippen LogP contribution in [0.5, 0.6) is 0 Å². The van der Waals surface area contributed by atoms with E-state index in [4.69, 9.17) is 18.9 Å². The summed E-state index contributed by atoms with van der Waals surface area (Å²) in [5.74, 6) is 0. The third kappa shape index (κ3) is 3.76. The fourth-order valence-electron chi connectivity index (χ4n) is 3.27. The molecule has 0 amide bonds. The minimum Gasteiger partial charge on any atom is -0.387 e. The van der Waals surface area contributed by atoms with Gasteiger partial charge in [-0.05, 0) is 11.1 Å². The lowest BCUT2D eigenvalue weighted by Crippen LogP contribution is -2.55. The van der Waals surface area contributed by atoms with Crippen LogP contribution in [-0.4, -0.2) is 42.4 Å². The Morgan fingerprint density at radius 1 is 0.840 bits per heavy atom. The normalized spacial score (nSPS) is 31.2. The molecule has 2 aliphatic heterocycles. The number of hydrogen-bond donors (Lipinski definition) is 1. The van der Waals surface area contributed by atoms with Crippen LogP contribution in [0, 0.1) is 0 Å². The first-order valence-electron chi connectivity index (χ1n) is 8.57. The van der Waals surface area contributed by atoms with Gasteiger partial charge in [-0.3, -0.25) is 0 Å². The van der Waals surface area contributed by atoms with Crippen molar-refractivity contribution in [2.45, 2.75) is 43.9 Å². The molecular weight excluding hydrogens is 320 g/mol. The smallest absolute Gasteiger partial charge is 0.187 e. The number of rotatable bonds is 6. The van der Waals surface area contributed by atoms with Crippen LogP contribution in [0.4, 0.5) is 0 Å². The highest BCUT2D eigenvalue weighted by atomic mass is 16.8. The molecule has 5 atom stereocenters. The van der Waals surface area contributed by atoms with E-state index < -0.39 is 24.6 Å². The number of benzene rings is 2. The van der Waals surface area contributed by atoms with Crippen molar-refractivity contribution in [3.05, 3.63) is 71.8 Å². The van der Waals surface area contributed by atoms with Crippen LogP contribution in [0.1, 0.15) is 11.1 Å². The van der Waals surface area contributed by atoms with E-state index in [0.29, 0.717) is 19.8 Å². The zero-order valence-electron chi connectivity index (χ0n) is 13.9. The van der Waals surface area contributed by atoms with Crippen molar-refractivity contribution in [3.63, 3.8) is 0 Å². The topological polar surface area (TPSA) is 57.2 Å². The Kier molecular flexibility index (Phi) is 5.10. The summed E-state index contributed by atoms with van der Waals surface area (Å²) in [4.78, 5) is 0. The Balaban J connectivity index is 1.40. The quantitative estimate of drug-likeness (QED) is 0.873. The molecule has 4 rings (SSSR count). The van der Waals surface area contributed by atoms with Crippen LogP contribution >= 0.6 is 0 Å². The van der Waals surface area contributed by atoms with Crippen molar-refractivity contribution in [1.29, 1.82) is 0 Å². The third-order valence-corrected chi connectivity index (χ3v) is 4.61. The number of fused-ring (bicyclic) bond motifs is 2. The molecule has 0 spiro atoms. The van der Waals surface area contributed by atoms with Gasteiger partial charge in [-0.25, -0.2) is 0 Å². The first kappa shape index (κ1) is 16.7. The van der Waals surface area contributed by atoms with E-state index in [2.05, 4.69) is 0 Å². The molecule has 132 valence electrons. The van der Waals surface area contributed by atoms with Gasteiger partial charge in [0.1, 0.15) is 24.4 Å². The Morgan fingerprint density at radius 2 is 1.40 bits per heavy atom. The number of aliphatic hydroxyl groups is 1. The van der Waals surface area contributed by atoms with Crippen molar-refractivity contribution in [2.75, 3.05) is 6.61 Å². The van der Waals surface area contributed by atoms with Gasteiger partial charge in [-0.1, -0.05) is 60.7 Å². The minimum absolute atomic E-state index is 0.264. The minimum atomic E-state index is -0.793. The van der Waals surface area contributed by atoms with E-state index in [1.54, 1.807) is 0 Å². The second-order valence-corrected chi connectivity index (χ2v) is 6.39. The molecule has 2 saturated heterocycles. The molecule has 0 saturated carbocycles. The number of ether oxygens (including phenoxy) is 4. The van der Waals surface area contributed by atoms with Crippen molar-refractivity contribution in [3.8, 4) is 0 Å². The summed E-state index contributed by atoms with van der Waals surface area (Å²) in [7, 11) is 0. The largest absolute Gasteiger partial charge is 0.387 e. The summed E-state index contributed by atoms with van der Waals surface area (Å²) in [6, 6.07) is 19.7. The molecule has 2 aromatic carbocycles. The predicted molar refractivity (Wildman–Crippen MR) is 90.7 cm³/mol. The molecule has 0 unspecified atom stereocenters. The lowest BCUT2D eigenvalue weighted by atomic mass is 10.0. The average Bonchev–Trinajstić information content (AvgIpc) is 3.09. The van der Waals surface area contributed by atoms with E-state index in [0.717, 1.165) is 11.1 Å². The van der Waals surface area contributed by atoms with Crippen molar-refractivity contribution >= 4 is 0 Å². The van der Waals surface area contributed by atoms with Crippen LogP contribution in [-0.2, 0) is 32.2 Å². The van der Waals surface area contributed by atoms with Gasteiger partial charge in [0.15, 0.2) is 6.29 Å². The zero-order chi connectivity index (χ0) is 17.1. The van der Waals surface area contributed by atoms with Crippen LogP contribution in [0.15, 0.2) is 60.7 Å². The van der Waals surface area contributed by atoms with Crippen molar-refractivity contribution in [2.24, 2.45) is 0 Å². The summed E-state index contributed by atoms with van der Waals surface area (Å²) < 4.78 is 23.4. The molecule has 0 aromatic heterocycles. The molecule has 2 aliphatic rings. The highest BCUT2D eigenvalue weighted by Crippen LogP contribution is 2.32. The maximum Gasteiger partial charge on any atom is 0.187 e. The van der Waals surface area contributed by atoms with Crippen LogP contribution < -0.4 is 0 Å². The lowest BCUT2D eigenvalue weighted by molar-refractivity contribution is -0.255. The fraction of sp³-hybridized carbons (Fsp3) is 0.400. The van der Waals surface area contributed by atoms with Gasteiger partial charge >= 0.3 is 0 Å². The van der Waals surface area contributed by atoms with Crippen LogP contribution in [0.25, 0.3) is 0 Å². The third-order valence-electron chi connectivity index (χ3n) is 4.61. The molecule has 2 bridgehead atoms. The van der Waals surface area contributed by atoms with E-state index in [9.17, 15) is 5.11 Å². The second kappa shape index (κ2) is 7.64. The van der Waals surface area contributed by atoms with E-state index in [-0.39, 0.29) is 6.10 Å². The summed E-state index contributed by atoms with van der Waals surface area (Å²) in [5.41, 5.74) is 2.09. The van der Waals surface area contributed by atoms with Crippen LogP contribution in [0.3, 0.4) is 0 Å². The summed E-state index contributed by atoms with van der Waals surface area (Å²) in [5, 5.41) is 10.8. The Hall–Kier alpha value is -1.76. The molecule has 1 N–H and O–H groups in total. The van der Waals surface area contributed by atoms with Gasteiger partial charge < -0.3 is 24.1 Å². The molecular formula is C20H22O5. The van der Waals surface area contributed by atoms with Crippen molar-refractivity contribution < 1.29 is 24.1 Å². The van der Waals surface area contributed by atoms with Crippen LogP contribution in [0.2, 0.25) is 0 Å². The molecule has 25 heavy (non-hydrogen) atoms. The first-order valence-corrected chi connectivity index (χ1v) is 8.57. The molecule has 0 radical (unpaired) electrons. The predicted octanol–water partition coefficient (Wildman–Crippen LogP) is 2.27. The summed E-state index contributed by atoms with van der Waals surface area (Å²) in [6.45, 7) is 1.22. The Labute approximate surface area is 147 Å². The van der Waals surface area contributed by atoms with E-state index in [1.165, 1.54) is 0 Å². The summed E-state index contributed by atoms with van der Waals surface area (Å²) in [6.07, 6.45) is -2.64. The van der Waals surface area contributed by atoms with Gasteiger partial charge in [0.05, 0.1) is 19.8 Å². The highest BCUT2D eigenvalue weighted by Gasteiger charge is 2.51. The average molecular weight is 342 g/mol. The van der Waals surface area contributed by atoms with Gasteiger partial charge in [0, 0.05) is 0 Å². The van der Waals surface area contributed by atoms with E-state index in [1.807, 2.05) is 60.7 Å². The molecule has 5 nitrogen and oxygen atoms in total. The van der Waals surface area contributed by atoms with Crippen molar-refractivity contribution in [1.82, 2.24) is 0 Å². The van der Waals surface area contributed by atoms with E-state index >= 15 is 0 Å². The molecule has 2 aromatic rings. The molecule has 2 heterocycles. The highest BCUT2D eigenvalue weighted by molar-refractivity contribution is 5.14. The maximum atomic E-state index is 10.8. The molecule has 5 heteroatoms. The Morgan fingerprint density at radius 3 is 2.00 bits per heavy atom. The molecule has 0 aliphatic carbocycles. The number of aliphatic hydroxyl groups excluding tert-OH is 1. The molecule has 2 fully saturated rings. The van der Waals surface area contributed by atoms with Gasteiger partial charge in [0.25, 0.3) is 0 Å². The maximum absolute atomic E-state index is 10.8. The second-order valence-electron chi connectivity index (χ2n) is 6.39. The van der Waals surface area contributed by atoms with Gasteiger partial charge in [0.2, 0.25) is 0 Å². The van der Waals surface area contributed by atoms with Gasteiger partial charge in [-0.2, -0.15) is 0 Å².